The van der Waals surface area contributed by atoms with Crippen LogP contribution in [0.1, 0.15) is 81.2 Å². The molecule has 3 rings (SSSR count). The highest BCUT2D eigenvalue weighted by atomic mass is 31.2. The monoisotopic (exact) mass is 595 g/mol. The second-order valence-corrected chi connectivity index (χ2v) is 13.3. The first-order chi connectivity index (χ1) is 19.9. The molecule has 7 nitrogen and oxygen atoms in total. The van der Waals surface area contributed by atoms with Gasteiger partial charge in [0.1, 0.15) is 23.3 Å². The molecule has 0 aliphatic carbocycles. The van der Waals surface area contributed by atoms with Crippen LogP contribution in [0.2, 0.25) is 0 Å². The molecule has 0 saturated carbocycles. The van der Waals surface area contributed by atoms with Gasteiger partial charge in [-0.15, -0.1) is 0 Å². The molecule has 0 unspecified atom stereocenters. The number of aromatic hydroxyl groups is 1. The summed E-state index contributed by atoms with van der Waals surface area (Å²) in [7, 11) is -3.69. The minimum Gasteiger partial charge on any atom is -0.508 e. The summed E-state index contributed by atoms with van der Waals surface area (Å²) in [5.74, 6) is 1.31. The molecule has 0 amide bonds. The largest absolute Gasteiger partial charge is 0.508 e. The Labute approximate surface area is 251 Å². The number of hydrogen-bond acceptors (Lipinski definition) is 6. The fourth-order valence-corrected chi connectivity index (χ4v) is 6.45. The SMILES string of the molecule is CCC(CC)COC(=O)[C@H](C)N[P@@](=O)(COc1cc(C)c(Cc2ccc(O)c(C(C)C)c2)c(C)c1)Oc1ccccc1. The summed E-state index contributed by atoms with van der Waals surface area (Å²) in [6, 6.07) is 17.6. The van der Waals surface area contributed by atoms with Gasteiger partial charge in [-0.05, 0) is 97.2 Å². The maximum absolute atomic E-state index is 14.0. The number of rotatable bonds is 15. The number of phenols is 1. The third-order valence-corrected chi connectivity index (χ3v) is 9.28. The van der Waals surface area contributed by atoms with E-state index in [-0.39, 0.29) is 18.2 Å². The summed E-state index contributed by atoms with van der Waals surface area (Å²) in [5.41, 5.74) is 5.28. The van der Waals surface area contributed by atoms with Crippen LogP contribution in [-0.4, -0.2) is 30.1 Å². The van der Waals surface area contributed by atoms with Gasteiger partial charge in [0.05, 0.1) is 6.61 Å². The molecule has 0 bridgehead atoms. The quantitative estimate of drug-likeness (QED) is 0.135. The van der Waals surface area contributed by atoms with Crippen molar-refractivity contribution in [1.82, 2.24) is 5.09 Å². The predicted molar refractivity (Wildman–Crippen MR) is 169 cm³/mol. The molecular weight excluding hydrogens is 549 g/mol. The summed E-state index contributed by atoms with van der Waals surface area (Å²) in [6.45, 7) is 14.2. The molecule has 0 heterocycles. The van der Waals surface area contributed by atoms with Gasteiger partial charge in [0.2, 0.25) is 0 Å². The van der Waals surface area contributed by atoms with Gasteiger partial charge in [-0.2, -0.15) is 0 Å². The van der Waals surface area contributed by atoms with E-state index in [4.69, 9.17) is 14.0 Å². The molecule has 3 aromatic carbocycles. The number of ether oxygens (including phenoxy) is 2. The van der Waals surface area contributed by atoms with E-state index in [1.54, 1.807) is 37.3 Å². The van der Waals surface area contributed by atoms with Gasteiger partial charge in [-0.1, -0.05) is 70.9 Å². The minimum atomic E-state index is -3.69. The zero-order valence-electron chi connectivity index (χ0n) is 26.0. The predicted octanol–water partition coefficient (Wildman–Crippen LogP) is 8.29. The smallest absolute Gasteiger partial charge is 0.354 e. The van der Waals surface area contributed by atoms with Crippen LogP contribution in [0.5, 0.6) is 17.2 Å². The number of aryl methyl sites for hydroxylation is 2. The van der Waals surface area contributed by atoms with Crippen molar-refractivity contribution in [3.8, 4) is 17.2 Å². The van der Waals surface area contributed by atoms with Gasteiger partial charge in [-0.25, -0.2) is 5.09 Å². The number of phenolic OH excluding ortho intramolecular Hbond substituents is 1. The molecular formula is C34H46NO6P. The van der Waals surface area contributed by atoms with Crippen molar-refractivity contribution in [3.05, 3.63) is 88.5 Å². The van der Waals surface area contributed by atoms with E-state index in [2.05, 4.69) is 38.8 Å². The number of nitrogens with one attached hydrogen (secondary N) is 1. The molecule has 42 heavy (non-hydrogen) atoms. The lowest BCUT2D eigenvalue weighted by molar-refractivity contribution is -0.146. The third-order valence-electron chi connectivity index (χ3n) is 7.52. The van der Waals surface area contributed by atoms with Gasteiger partial charge in [-0.3, -0.25) is 9.36 Å². The summed E-state index contributed by atoms with van der Waals surface area (Å²) in [4.78, 5) is 12.7. The Morgan fingerprint density at radius 1 is 0.929 bits per heavy atom. The summed E-state index contributed by atoms with van der Waals surface area (Å²) >= 11 is 0. The van der Waals surface area contributed by atoms with E-state index in [0.717, 1.165) is 35.1 Å². The molecule has 0 spiro atoms. The number of hydrogen-bond donors (Lipinski definition) is 2. The Morgan fingerprint density at radius 3 is 2.17 bits per heavy atom. The Balaban J connectivity index is 1.76. The molecule has 2 N–H and O–H groups in total. The fourth-order valence-electron chi connectivity index (χ4n) is 4.79. The Kier molecular flexibility index (Phi) is 12.1. The summed E-state index contributed by atoms with van der Waals surface area (Å²) in [5, 5.41) is 13.1. The number of benzene rings is 3. The van der Waals surface area contributed by atoms with Crippen molar-refractivity contribution >= 4 is 13.5 Å². The summed E-state index contributed by atoms with van der Waals surface area (Å²) in [6.07, 6.45) is 2.27. The number of esters is 1. The average Bonchev–Trinajstić information content (AvgIpc) is 2.95. The number of para-hydroxylation sites is 1. The first kappa shape index (κ1) is 33.2. The van der Waals surface area contributed by atoms with Gasteiger partial charge in [0.15, 0.2) is 6.35 Å². The first-order valence-corrected chi connectivity index (χ1v) is 16.6. The van der Waals surface area contributed by atoms with E-state index < -0.39 is 19.5 Å². The zero-order valence-corrected chi connectivity index (χ0v) is 26.9. The molecule has 8 heteroatoms. The summed E-state index contributed by atoms with van der Waals surface area (Å²) < 4.78 is 31.5. The van der Waals surface area contributed by atoms with Crippen molar-refractivity contribution in [2.24, 2.45) is 5.92 Å². The number of carbonyl (C=O) groups excluding carboxylic acids is 1. The van der Waals surface area contributed by atoms with Crippen LogP contribution in [0, 0.1) is 19.8 Å². The van der Waals surface area contributed by atoms with Crippen molar-refractivity contribution in [3.63, 3.8) is 0 Å². The molecule has 0 radical (unpaired) electrons. The van der Waals surface area contributed by atoms with Gasteiger partial charge < -0.3 is 19.1 Å². The van der Waals surface area contributed by atoms with Crippen molar-refractivity contribution in [2.75, 3.05) is 13.0 Å². The minimum absolute atomic E-state index is 0.222. The highest BCUT2D eigenvalue weighted by Crippen LogP contribution is 2.44. The second-order valence-electron chi connectivity index (χ2n) is 11.3. The van der Waals surface area contributed by atoms with Crippen LogP contribution >= 0.6 is 7.52 Å². The van der Waals surface area contributed by atoms with E-state index >= 15 is 0 Å². The van der Waals surface area contributed by atoms with Crippen molar-refractivity contribution in [1.29, 1.82) is 0 Å². The lowest BCUT2D eigenvalue weighted by Gasteiger charge is -2.24. The fraction of sp³-hybridized carbons (Fsp3) is 0.441. The normalized spacial score (nSPS) is 13.5. The Bertz CT molecular complexity index is 1350. The molecule has 3 aromatic rings. The third kappa shape index (κ3) is 9.37. The molecule has 0 saturated heterocycles. The molecule has 0 fully saturated rings. The Morgan fingerprint density at radius 2 is 1.57 bits per heavy atom. The van der Waals surface area contributed by atoms with Crippen LogP contribution < -0.4 is 14.3 Å². The van der Waals surface area contributed by atoms with E-state index in [9.17, 15) is 14.5 Å². The average molecular weight is 596 g/mol. The molecule has 0 aliphatic heterocycles. The zero-order chi connectivity index (χ0) is 30.9. The van der Waals surface area contributed by atoms with E-state index in [1.165, 1.54) is 5.56 Å². The Hall–Kier alpha value is -3.28. The number of carbonyl (C=O) groups is 1. The molecule has 228 valence electrons. The van der Waals surface area contributed by atoms with Gasteiger partial charge in [0, 0.05) is 0 Å². The van der Waals surface area contributed by atoms with Crippen LogP contribution in [0.25, 0.3) is 0 Å². The van der Waals surface area contributed by atoms with Crippen LogP contribution in [-0.2, 0) is 20.5 Å². The van der Waals surface area contributed by atoms with Crippen LogP contribution in [0.4, 0.5) is 0 Å². The van der Waals surface area contributed by atoms with E-state index in [1.807, 2.05) is 38.1 Å². The lowest BCUT2D eigenvalue weighted by Crippen LogP contribution is -2.36. The van der Waals surface area contributed by atoms with Crippen LogP contribution in [0.15, 0.2) is 60.7 Å². The highest BCUT2D eigenvalue weighted by molar-refractivity contribution is 7.57. The van der Waals surface area contributed by atoms with Crippen molar-refractivity contribution in [2.45, 2.75) is 79.7 Å². The van der Waals surface area contributed by atoms with Gasteiger partial charge >= 0.3 is 13.5 Å². The van der Waals surface area contributed by atoms with Gasteiger partial charge in [0.25, 0.3) is 0 Å². The molecule has 0 aliphatic rings. The lowest BCUT2D eigenvalue weighted by atomic mass is 9.93. The highest BCUT2D eigenvalue weighted by Gasteiger charge is 2.32. The van der Waals surface area contributed by atoms with Crippen molar-refractivity contribution < 1.29 is 28.5 Å². The maximum atomic E-state index is 14.0. The maximum Gasteiger partial charge on any atom is 0.354 e. The second kappa shape index (κ2) is 15.3. The standard InChI is InChI=1S/C34H46NO6P/c1-8-27(9-2)21-39-34(37)26(7)35-42(38,41-29-13-11-10-12-14-29)22-40-30-17-24(5)32(25(6)18-30)20-28-15-16-33(36)31(19-28)23(3)4/h10-19,23,26-27,36H,8-9,20-22H2,1-7H3,(H,35,38)/t26-,42+/m0/s1. The van der Waals surface area contributed by atoms with E-state index in [0.29, 0.717) is 30.3 Å². The topological polar surface area (TPSA) is 94.1 Å². The van der Waals surface area contributed by atoms with Crippen LogP contribution in [0.3, 0.4) is 0 Å². The first-order valence-electron chi connectivity index (χ1n) is 14.8. The molecule has 0 aromatic heterocycles. The molecule has 2 atom stereocenters.